The van der Waals surface area contributed by atoms with Crippen LogP contribution in [0.3, 0.4) is 0 Å². The fourth-order valence-electron chi connectivity index (χ4n) is 1.36. The van der Waals surface area contributed by atoms with Crippen LogP contribution < -0.4 is 0 Å². The van der Waals surface area contributed by atoms with Gasteiger partial charge >= 0.3 is 0 Å². The molecule has 1 aliphatic heterocycles. The zero-order valence-corrected chi connectivity index (χ0v) is 7.64. The van der Waals surface area contributed by atoms with Gasteiger partial charge in [-0.3, -0.25) is 4.99 Å². The molecule has 0 aromatic carbocycles. The normalized spacial score (nSPS) is 21.6. The molecule has 0 amide bonds. The average Bonchev–Trinajstić information content (AvgIpc) is 2.37. The number of hydrogen-bond donors (Lipinski definition) is 0. The highest BCUT2D eigenvalue weighted by Gasteiger charge is 2.12. The van der Waals surface area contributed by atoms with Crippen LogP contribution >= 0.6 is 0 Å². The molecule has 11 heavy (non-hydrogen) atoms. The summed E-state index contributed by atoms with van der Waals surface area (Å²) < 4.78 is 0. The second-order valence-corrected chi connectivity index (χ2v) is 3.18. The number of unbranched alkanes of at least 4 members (excludes halogenated alkanes) is 1. The maximum Gasteiger partial charge on any atom is 0.0986 e. The van der Waals surface area contributed by atoms with Gasteiger partial charge < -0.3 is 4.90 Å². The molecule has 1 heterocycles. The van der Waals surface area contributed by atoms with Crippen molar-refractivity contribution >= 4 is 5.84 Å². The molecule has 0 spiro atoms. The van der Waals surface area contributed by atoms with Gasteiger partial charge in [0.2, 0.25) is 0 Å². The molecule has 0 aliphatic carbocycles. The van der Waals surface area contributed by atoms with Crippen molar-refractivity contribution < 1.29 is 0 Å². The molecule has 0 saturated carbocycles. The Bertz CT molecular complexity index is 140. The highest BCUT2D eigenvalue weighted by molar-refractivity contribution is 5.83. The molecule has 1 fully saturated rings. The fraction of sp³-hybridized carbons (Fsp3) is 0.889. The quantitative estimate of drug-likeness (QED) is 0.567. The highest BCUT2D eigenvalue weighted by atomic mass is 15.2. The van der Waals surface area contributed by atoms with Crippen LogP contribution in [0.1, 0.15) is 32.6 Å². The lowest BCUT2D eigenvalue weighted by molar-refractivity contribution is 0.547. The largest absolute Gasteiger partial charge is 0.363 e. The summed E-state index contributed by atoms with van der Waals surface area (Å²) in [5.74, 6) is 1.32. The number of nitrogens with zero attached hydrogens (tertiary/aromatic N) is 2. The van der Waals surface area contributed by atoms with E-state index in [0.717, 1.165) is 6.54 Å². The van der Waals surface area contributed by atoms with E-state index in [4.69, 9.17) is 0 Å². The molecule has 0 atom stereocenters. The average molecular weight is 154 g/mol. The van der Waals surface area contributed by atoms with Crippen LogP contribution in [0, 0.1) is 0 Å². The number of amidine groups is 1. The van der Waals surface area contributed by atoms with Gasteiger partial charge in [0, 0.05) is 26.6 Å². The minimum Gasteiger partial charge on any atom is -0.363 e. The van der Waals surface area contributed by atoms with E-state index in [9.17, 15) is 0 Å². The first-order valence-corrected chi connectivity index (χ1v) is 4.59. The van der Waals surface area contributed by atoms with Crippen molar-refractivity contribution in [2.45, 2.75) is 32.6 Å². The first kappa shape index (κ1) is 8.57. The summed E-state index contributed by atoms with van der Waals surface area (Å²) in [6.45, 7) is 4.43. The Morgan fingerprint density at radius 3 is 2.91 bits per heavy atom. The first-order chi connectivity index (χ1) is 5.34. The van der Waals surface area contributed by atoms with E-state index >= 15 is 0 Å². The van der Waals surface area contributed by atoms with Gasteiger partial charge in [0.05, 0.1) is 5.84 Å². The van der Waals surface area contributed by atoms with Crippen LogP contribution in [0.4, 0.5) is 0 Å². The highest BCUT2D eigenvalue weighted by Crippen LogP contribution is 2.08. The first-order valence-electron chi connectivity index (χ1n) is 4.59. The zero-order valence-electron chi connectivity index (χ0n) is 7.64. The summed E-state index contributed by atoms with van der Waals surface area (Å²) in [5, 5.41) is 0. The van der Waals surface area contributed by atoms with Crippen LogP contribution in [-0.2, 0) is 0 Å². The van der Waals surface area contributed by atoms with E-state index in [1.165, 1.54) is 38.1 Å². The van der Waals surface area contributed by atoms with Gasteiger partial charge in [-0.2, -0.15) is 0 Å². The lowest BCUT2D eigenvalue weighted by atomic mass is 10.3. The zero-order chi connectivity index (χ0) is 8.10. The minimum atomic E-state index is 1.02. The van der Waals surface area contributed by atoms with Gasteiger partial charge in [-0.25, -0.2) is 0 Å². The number of aliphatic imine (C=N–C) groups is 1. The van der Waals surface area contributed by atoms with Crippen LogP contribution in [0.25, 0.3) is 0 Å². The predicted octanol–water partition coefficient (Wildman–Crippen LogP) is 1.91. The Hall–Kier alpha value is -0.530. The summed E-state index contributed by atoms with van der Waals surface area (Å²) >= 11 is 0. The van der Waals surface area contributed by atoms with Crippen molar-refractivity contribution in [3.8, 4) is 0 Å². The van der Waals surface area contributed by atoms with E-state index in [1.807, 2.05) is 0 Å². The molecule has 2 nitrogen and oxygen atoms in total. The van der Waals surface area contributed by atoms with E-state index < -0.39 is 0 Å². The third-order valence-corrected chi connectivity index (χ3v) is 2.14. The third kappa shape index (κ3) is 2.52. The van der Waals surface area contributed by atoms with Gasteiger partial charge in [0.15, 0.2) is 0 Å². The van der Waals surface area contributed by atoms with Crippen molar-refractivity contribution in [3.63, 3.8) is 0 Å². The maximum atomic E-state index is 4.54. The van der Waals surface area contributed by atoms with E-state index in [0.29, 0.717) is 0 Å². The Balaban J connectivity index is 2.27. The SMILES string of the molecule is CCCC/N=C1/CCCN1C. The molecular formula is C9H18N2. The second-order valence-electron chi connectivity index (χ2n) is 3.18. The van der Waals surface area contributed by atoms with Gasteiger partial charge in [-0.05, 0) is 12.8 Å². The summed E-state index contributed by atoms with van der Waals surface area (Å²) in [6.07, 6.45) is 4.97. The van der Waals surface area contributed by atoms with Crippen molar-refractivity contribution in [2.75, 3.05) is 20.1 Å². The monoisotopic (exact) mass is 154 g/mol. The van der Waals surface area contributed by atoms with E-state index in [-0.39, 0.29) is 0 Å². The lowest BCUT2D eigenvalue weighted by Gasteiger charge is -2.10. The van der Waals surface area contributed by atoms with Gasteiger partial charge in [0.25, 0.3) is 0 Å². The molecule has 0 bridgehead atoms. The molecule has 0 N–H and O–H groups in total. The Labute approximate surface area is 69.3 Å². The molecule has 2 heteroatoms. The topological polar surface area (TPSA) is 15.6 Å². The predicted molar refractivity (Wildman–Crippen MR) is 49.1 cm³/mol. The molecule has 1 rings (SSSR count). The number of rotatable bonds is 3. The Kier molecular flexibility index (Phi) is 3.40. The second kappa shape index (κ2) is 4.37. The standard InChI is InChI=1S/C9H18N2/c1-3-4-7-10-9-6-5-8-11(9)2/h3-8H2,1-2H3/b10-9-. The smallest absolute Gasteiger partial charge is 0.0986 e. The van der Waals surface area contributed by atoms with Crippen molar-refractivity contribution in [3.05, 3.63) is 0 Å². The van der Waals surface area contributed by atoms with Crippen LogP contribution in [0.2, 0.25) is 0 Å². The fourth-order valence-corrected chi connectivity index (χ4v) is 1.36. The maximum absolute atomic E-state index is 4.54. The molecule has 0 aromatic heterocycles. The Morgan fingerprint density at radius 1 is 1.55 bits per heavy atom. The van der Waals surface area contributed by atoms with Crippen molar-refractivity contribution in [1.82, 2.24) is 4.90 Å². The lowest BCUT2D eigenvalue weighted by Crippen LogP contribution is -2.19. The Morgan fingerprint density at radius 2 is 2.36 bits per heavy atom. The van der Waals surface area contributed by atoms with Gasteiger partial charge in [-0.15, -0.1) is 0 Å². The summed E-state index contributed by atoms with van der Waals surface area (Å²) in [5.41, 5.74) is 0. The van der Waals surface area contributed by atoms with Crippen LogP contribution in [-0.4, -0.2) is 30.9 Å². The summed E-state index contributed by atoms with van der Waals surface area (Å²) in [4.78, 5) is 6.81. The molecule has 0 radical (unpaired) electrons. The van der Waals surface area contributed by atoms with E-state index in [2.05, 4.69) is 23.9 Å². The van der Waals surface area contributed by atoms with Crippen LogP contribution in [0.5, 0.6) is 0 Å². The van der Waals surface area contributed by atoms with Gasteiger partial charge in [-0.1, -0.05) is 13.3 Å². The molecule has 0 unspecified atom stereocenters. The molecule has 1 aliphatic rings. The number of likely N-dealkylation sites (tertiary alicyclic amines) is 1. The summed E-state index contributed by atoms with van der Waals surface area (Å²) in [7, 11) is 2.14. The van der Waals surface area contributed by atoms with Crippen molar-refractivity contribution in [1.29, 1.82) is 0 Å². The third-order valence-electron chi connectivity index (χ3n) is 2.14. The molecule has 64 valence electrons. The van der Waals surface area contributed by atoms with Crippen LogP contribution in [0.15, 0.2) is 4.99 Å². The van der Waals surface area contributed by atoms with E-state index in [1.54, 1.807) is 0 Å². The minimum absolute atomic E-state index is 1.02. The molecule has 1 saturated heterocycles. The summed E-state index contributed by atoms with van der Waals surface area (Å²) in [6, 6.07) is 0. The molecular weight excluding hydrogens is 136 g/mol. The van der Waals surface area contributed by atoms with Crippen molar-refractivity contribution in [2.24, 2.45) is 4.99 Å². The van der Waals surface area contributed by atoms with Gasteiger partial charge in [0.1, 0.15) is 0 Å². The number of hydrogen-bond acceptors (Lipinski definition) is 1. The molecule has 0 aromatic rings.